The van der Waals surface area contributed by atoms with Gasteiger partial charge in [0.25, 0.3) is 0 Å². The van der Waals surface area contributed by atoms with Crippen molar-refractivity contribution in [1.29, 1.82) is 0 Å². The van der Waals surface area contributed by atoms with E-state index in [4.69, 9.17) is 22.9 Å². The Morgan fingerprint density at radius 1 is 0.561 bits per heavy atom. The zero-order valence-corrected chi connectivity index (χ0v) is 37.4. The summed E-state index contributed by atoms with van der Waals surface area (Å²) in [6.07, 6.45) is 2.36. The molecule has 17 N–H and O–H groups in total. The summed E-state index contributed by atoms with van der Waals surface area (Å²) < 4.78 is 0. The highest BCUT2D eigenvalue weighted by molar-refractivity contribution is 5.98. The van der Waals surface area contributed by atoms with Gasteiger partial charge in [0, 0.05) is 6.54 Å². The van der Waals surface area contributed by atoms with Gasteiger partial charge in [0.15, 0.2) is 5.96 Å². The molecule has 1 aliphatic heterocycles. The van der Waals surface area contributed by atoms with Crippen molar-refractivity contribution in [2.45, 2.75) is 113 Å². The Bertz CT molecular complexity index is 1940. The molecule has 1 aliphatic rings. The van der Waals surface area contributed by atoms with Gasteiger partial charge in [-0.2, -0.15) is 0 Å². The van der Waals surface area contributed by atoms with E-state index in [2.05, 4.69) is 47.5 Å². The van der Waals surface area contributed by atoms with Gasteiger partial charge in [-0.3, -0.25) is 43.3 Å². The molecular formula is C44H67N13O9. The molecule has 3 rings (SSSR count). The van der Waals surface area contributed by atoms with Gasteiger partial charge < -0.3 is 70.6 Å². The Morgan fingerprint density at radius 2 is 1.03 bits per heavy atom. The third-order valence-corrected chi connectivity index (χ3v) is 10.6. The summed E-state index contributed by atoms with van der Waals surface area (Å²) in [7, 11) is 0. The largest absolute Gasteiger partial charge is 0.394 e. The highest BCUT2D eigenvalue weighted by Crippen LogP contribution is 2.14. The van der Waals surface area contributed by atoms with Crippen LogP contribution >= 0.6 is 0 Å². The maximum Gasteiger partial charge on any atom is 0.247 e. The number of carbonyl (C=O) groups is 8. The summed E-state index contributed by atoms with van der Waals surface area (Å²) in [5, 5.41) is 31.1. The maximum absolute atomic E-state index is 14.1. The minimum absolute atomic E-state index is 0.0235. The van der Waals surface area contributed by atoms with Gasteiger partial charge >= 0.3 is 0 Å². The highest BCUT2D eigenvalue weighted by atomic mass is 16.3. The summed E-state index contributed by atoms with van der Waals surface area (Å²) in [5.74, 6) is -6.65. The number of nitrogens with two attached hydrogens (primary N) is 4. The third kappa shape index (κ3) is 18.8. The number of rotatable bonds is 17. The van der Waals surface area contributed by atoms with Gasteiger partial charge in [-0.05, 0) is 95.3 Å². The van der Waals surface area contributed by atoms with E-state index in [9.17, 15) is 43.5 Å². The summed E-state index contributed by atoms with van der Waals surface area (Å²) >= 11 is 0. The number of hydrogen-bond acceptors (Lipinski definition) is 12. The first-order chi connectivity index (χ1) is 31.7. The molecule has 2 aromatic carbocycles. The number of nitrogens with one attached hydrogen (secondary N) is 8. The van der Waals surface area contributed by atoms with Crippen molar-refractivity contribution in [2.24, 2.45) is 27.9 Å². The van der Waals surface area contributed by atoms with Crippen LogP contribution in [0.3, 0.4) is 0 Å². The van der Waals surface area contributed by atoms with Crippen molar-refractivity contribution in [3.05, 3.63) is 71.8 Å². The number of guanidine groups is 1. The standard InChI is InChI=1S/C44H67N13O9/c1-27-37(60)57-36(29-15-6-3-7-16-29)43(66)50-25-35(59)52-30(17-8-10-22-45)39(62)54-32(19-12-24-49-44(47)48)40(63)53-31(18-9-11-23-46)41(64)56-34(26-58)42(65)55-33(38(61)51-27)21-20-28-13-4-2-5-14-28/h2-7,13-16,27,30-34,36,58H,8-12,17-26,45-46H2,1H3,(H,50,66)(H,51,61)(H,52,59)(H,53,63)(H,54,62)(H,55,65)(H,56,64)(H,57,60)(H4,47,48,49)/t27-,30-,31-,32-,33-,34-,36+/m0/s1. The molecule has 1 saturated heterocycles. The second-order valence-corrected chi connectivity index (χ2v) is 15.9. The molecule has 7 atom stereocenters. The van der Waals surface area contributed by atoms with Gasteiger partial charge in [-0.1, -0.05) is 60.7 Å². The third-order valence-electron chi connectivity index (χ3n) is 10.6. The minimum Gasteiger partial charge on any atom is -0.394 e. The van der Waals surface area contributed by atoms with Crippen LogP contribution in [0.25, 0.3) is 0 Å². The molecule has 66 heavy (non-hydrogen) atoms. The fourth-order valence-electron chi connectivity index (χ4n) is 6.91. The Balaban J connectivity index is 2.06. The van der Waals surface area contributed by atoms with Crippen LogP contribution in [-0.2, 0) is 44.8 Å². The van der Waals surface area contributed by atoms with E-state index in [0.717, 1.165) is 5.56 Å². The lowest BCUT2D eigenvalue weighted by atomic mass is 10.0. The lowest BCUT2D eigenvalue weighted by molar-refractivity contribution is -0.136. The van der Waals surface area contributed by atoms with Crippen LogP contribution in [0.15, 0.2) is 65.7 Å². The number of aliphatic hydroxyl groups is 1. The van der Waals surface area contributed by atoms with E-state index >= 15 is 0 Å². The van der Waals surface area contributed by atoms with Gasteiger partial charge in [-0.15, -0.1) is 0 Å². The minimum atomic E-state index is -1.61. The normalized spacial score (nSPS) is 23.3. The highest BCUT2D eigenvalue weighted by Gasteiger charge is 2.34. The first-order valence-electron chi connectivity index (χ1n) is 22.2. The van der Waals surface area contributed by atoms with Crippen molar-refractivity contribution < 1.29 is 43.5 Å². The molecule has 0 radical (unpaired) electrons. The molecule has 0 aliphatic carbocycles. The zero-order chi connectivity index (χ0) is 48.4. The summed E-state index contributed by atoms with van der Waals surface area (Å²) in [4.78, 5) is 114. The van der Waals surface area contributed by atoms with Crippen molar-refractivity contribution >= 4 is 53.2 Å². The van der Waals surface area contributed by atoms with Crippen molar-refractivity contribution in [3.8, 4) is 0 Å². The molecule has 0 bridgehead atoms. The predicted octanol–water partition coefficient (Wildman–Crippen LogP) is -3.16. The van der Waals surface area contributed by atoms with Crippen molar-refractivity contribution in [1.82, 2.24) is 42.5 Å². The van der Waals surface area contributed by atoms with Crippen LogP contribution in [0, 0.1) is 0 Å². The maximum atomic E-state index is 14.1. The number of nitrogens with zero attached hydrogens (tertiary/aromatic N) is 1. The van der Waals surface area contributed by atoms with Crippen LogP contribution in [-0.4, -0.2) is 127 Å². The molecule has 0 spiro atoms. The van der Waals surface area contributed by atoms with Crippen LogP contribution in [0.1, 0.15) is 81.9 Å². The number of aryl methyl sites for hydroxylation is 1. The molecular weight excluding hydrogens is 855 g/mol. The lowest BCUT2D eigenvalue weighted by Gasteiger charge is -2.27. The smallest absolute Gasteiger partial charge is 0.247 e. The van der Waals surface area contributed by atoms with Crippen LogP contribution in [0.2, 0.25) is 0 Å². The van der Waals surface area contributed by atoms with Crippen LogP contribution in [0.5, 0.6) is 0 Å². The van der Waals surface area contributed by atoms with Crippen molar-refractivity contribution in [3.63, 3.8) is 0 Å². The van der Waals surface area contributed by atoms with E-state index in [1.54, 1.807) is 42.5 Å². The van der Waals surface area contributed by atoms with E-state index in [0.29, 0.717) is 44.2 Å². The molecule has 22 nitrogen and oxygen atoms in total. The van der Waals surface area contributed by atoms with E-state index in [1.165, 1.54) is 6.92 Å². The molecule has 2 aromatic rings. The summed E-state index contributed by atoms with van der Waals surface area (Å²) in [6.45, 7) is 0.501. The number of carbonyl (C=O) groups excluding carboxylic acids is 8. The number of unbranched alkanes of at least 4 members (excludes halogenated alkanes) is 2. The van der Waals surface area contributed by atoms with Crippen LogP contribution < -0.4 is 65.5 Å². The second-order valence-electron chi connectivity index (χ2n) is 15.9. The van der Waals surface area contributed by atoms with Gasteiger partial charge in [0.1, 0.15) is 42.3 Å². The van der Waals surface area contributed by atoms with Crippen molar-refractivity contribution in [2.75, 3.05) is 32.8 Å². The number of aliphatic hydroxyl groups excluding tert-OH is 1. The molecule has 0 unspecified atom stereocenters. The van der Waals surface area contributed by atoms with E-state index in [1.807, 2.05) is 18.2 Å². The van der Waals surface area contributed by atoms with Gasteiger partial charge in [0.2, 0.25) is 47.3 Å². The Morgan fingerprint density at radius 3 is 1.56 bits per heavy atom. The molecule has 1 heterocycles. The summed E-state index contributed by atoms with van der Waals surface area (Å²) in [6, 6.07) is 7.89. The second kappa shape index (κ2) is 29.0. The molecule has 0 saturated carbocycles. The fraction of sp³-hybridized carbons (Fsp3) is 0.523. The summed E-state index contributed by atoms with van der Waals surface area (Å²) in [5.41, 5.74) is 23.6. The molecule has 0 aromatic heterocycles. The first-order valence-corrected chi connectivity index (χ1v) is 22.2. The average molecular weight is 922 g/mol. The topological polar surface area (TPSA) is 369 Å². The van der Waals surface area contributed by atoms with E-state index in [-0.39, 0.29) is 51.2 Å². The lowest BCUT2D eigenvalue weighted by Crippen LogP contribution is -2.60. The number of amides is 8. The molecule has 8 amide bonds. The Labute approximate surface area is 384 Å². The first kappa shape index (κ1) is 53.7. The molecule has 362 valence electrons. The average Bonchev–Trinajstić information content (AvgIpc) is 3.30. The van der Waals surface area contributed by atoms with Gasteiger partial charge in [-0.25, -0.2) is 0 Å². The zero-order valence-electron chi connectivity index (χ0n) is 37.4. The SMILES string of the molecule is C[C@@H]1NC(=O)[C@H](CCc2ccccc2)NC(=O)[C@H](CO)NC(=O)[C@H](CCCCN)NC(=O)[C@H](CCCN=C(N)N)NC(=O)[C@H](CCCCN)NC(=O)CNC(=O)[C@@H](c2ccccc2)NC1=O. The fourth-order valence-corrected chi connectivity index (χ4v) is 6.91. The van der Waals surface area contributed by atoms with E-state index < -0.39 is 103 Å². The molecule has 22 heteroatoms. The Hall–Kier alpha value is -6.65. The number of aliphatic imine (C=N–C) groups is 1. The predicted molar refractivity (Wildman–Crippen MR) is 245 cm³/mol. The monoisotopic (exact) mass is 922 g/mol. The van der Waals surface area contributed by atoms with Crippen LogP contribution in [0.4, 0.5) is 0 Å². The number of benzene rings is 2. The van der Waals surface area contributed by atoms with Gasteiger partial charge in [0.05, 0.1) is 13.2 Å². The molecule has 1 fully saturated rings. The Kier molecular flexibility index (Phi) is 23.6. The quantitative estimate of drug-likeness (QED) is 0.0424. The number of hydrogen-bond donors (Lipinski definition) is 13.